The van der Waals surface area contributed by atoms with E-state index >= 15 is 0 Å². The van der Waals surface area contributed by atoms with Crippen molar-refractivity contribution < 1.29 is 4.74 Å². The van der Waals surface area contributed by atoms with Gasteiger partial charge in [0, 0.05) is 48.4 Å². The molecule has 0 unspecified atom stereocenters. The highest BCUT2D eigenvalue weighted by atomic mass is 32.1. The molecule has 0 fully saturated rings. The molecule has 252 valence electrons. The van der Waals surface area contributed by atoms with Crippen LogP contribution in [0.5, 0.6) is 11.5 Å². The molecule has 0 atom stereocenters. The lowest BCUT2D eigenvalue weighted by molar-refractivity contribution is 0.435. The van der Waals surface area contributed by atoms with Gasteiger partial charge in [-0.3, -0.25) is 0 Å². The molecule has 10 aromatic rings. The highest BCUT2D eigenvalue weighted by molar-refractivity contribution is 7.26. The maximum atomic E-state index is 6.70. The summed E-state index contributed by atoms with van der Waals surface area (Å²) in [5.74, 6) is 1.79. The second-order valence-electron chi connectivity index (χ2n) is 14.4. The molecule has 0 amide bonds. The first kappa shape index (κ1) is 29.9. The quantitative estimate of drug-likeness (QED) is 0.181. The number of hydrogen-bond acceptors (Lipinski definition) is 3. The predicted octanol–water partition coefficient (Wildman–Crippen LogP) is 14.3. The maximum absolute atomic E-state index is 6.70. The van der Waals surface area contributed by atoms with Gasteiger partial charge in [0.1, 0.15) is 11.5 Å². The average Bonchev–Trinajstić information content (AvgIpc) is 3.61. The first-order valence-electron chi connectivity index (χ1n) is 18.5. The highest BCUT2D eigenvalue weighted by Crippen LogP contribution is 2.61. The fraction of sp³-hybridized carbons (Fsp3) is 0.0196. The first-order valence-corrected chi connectivity index (χ1v) is 19.3. The normalized spacial score (nSPS) is 13.5. The van der Waals surface area contributed by atoms with Crippen molar-refractivity contribution in [2.45, 2.75) is 5.41 Å². The fourth-order valence-corrected chi connectivity index (χ4v) is 10.7. The SMILES string of the molecule is c1ccc(N(c2ccc3c(c2)C2(c4ccccc4Oc4ccccc42)c2cccc4cccc-3c24)c2ccc3c(c2)sc2c4ccccc4ccc32)cc1. The van der Waals surface area contributed by atoms with E-state index < -0.39 is 5.41 Å². The summed E-state index contributed by atoms with van der Waals surface area (Å²) in [5.41, 5.74) is 10.1. The van der Waals surface area contributed by atoms with Crippen LogP contribution in [-0.4, -0.2) is 0 Å². The number of rotatable bonds is 3. The summed E-state index contributed by atoms with van der Waals surface area (Å²) >= 11 is 1.89. The predicted molar refractivity (Wildman–Crippen MR) is 226 cm³/mol. The standard InChI is InChI=1S/C51H31NOS/c1-2-15-34(16-3-1)52(36-26-29-39-41-27-24-32-12-4-5-17-37(32)50(41)54-48(39)31-36)35-25-28-38-40-18-10-13-33-14-11-21-44(49(33)40)51(45(38)30-35)42-19-6-8-22-46(42)53-47-23-9-7-20-43(47)51/h1-31H. The Bertz CT molecular complexity index is 3110. The number of anilines is 3. The summed E-state index contributed by atoms with van der Waals surface area (Å²) in [5, 5.41) is 7.74. The molecule has 3 heteroatoms. The minimum absolute atomic E-state index is 0.608. The van der Waals surface area contributed by atoms with Crippen LogP contribution in [0.15, 0.2) is 188 Å². The van der Waals surface area contributed by atoms with Crippen LogP contribution in [-0.2, 0) is 5.41 Å². The molecular weight excluding hydrogens is 675 g/mol. The number of para-hydroxylation sites is 3. The van der Waals surface area contributed by atoms with Crippen molar-refractivity contribution >= 4 is 70.1 Å². The van der Waals surface area contributed by atoms with Crippen molar-refractivity contribution in [2.75, 3.05) is 4.90 Å². The van der Waals surface area contributed by atoms with Gasteiger partial charge < -0.3 is 9.64 Å². The molecule has 0 saturated carbocycles. The van der Waals surface area contributed by atoms with Gasteiger partial charge in [0.15, 0.2) is 0 Å². The molecule has 1 aromatic heterocycles. The lowest BCUT2D eigenvalue weighted by Gasteiger charge is -2.45. The fourth-order valence-electron chi connectivity index (χ4n) is 9.47. The van der Waals surface area contributed by atoms with Gasteiger partial charge in [0.2, 0.25) is 0 Å². The van der Waals surface area contributed by atoms with Crippen molar-refractivity contribution in [1.82, 2.24) is 0 Å². The zero-order valence-corrected chi connectivity index (χ0v) is 30.0. The number of nitrogens with zero attached hydrogens (tertiary/aromatic N) is 1. The van der Waals surface area contributed by atoms with Crippen molar-refractivity contribution in [3.63, 3.8) is 0 Å². The molecule has 0 radical (unpaired) electrons. The molecule has 2 aliphatic rings. The van der Waals surface area contributed by atoms with Gasteiger partial charge in [-0.25, -0.2) is 0 Å². The van der Waals surface area contributed by atoms with Gasteiger partial charge in [-0.1, -0.05) is 140 Å². The number of fused-ring (bicyclic) bond motifs is 13. The third-order valence-electron chi connectivity index (χ3n) is 11.7. The van der Waals surface area contributed by atoms with E-state index in [0.29, 0.717) is 0 Å². The van der Waals surface area contributed by atoms with Crippen molar-refractivity contribution in [2.24, 2.45) is 0 Å². The molecule has 1 spiro atoms. The monoisotopic (exact) mass is 705 g/mol. The third kappa shape index (κ3) is 3.99. The van der Waals surface area contributed by atoms with E-state index in [4.69, 9.17) is 4.74 Å². The first-order chi connectivity index (χ1) is 26.8. The summed E-state index contributed by atoms with van der Waals surface area (Å²) in [4.78, 5) is 2.42. The number of hydrogen-bond donors (Lipinski definition) is 0. The lowest BCUT2D eigenvalue weighted by Crippen LogP contribution is -2.36. The number of thiophene rings is 1. The third-order valence-corrected chi connectivity index (χ3v) is 12.9. The summed E-state index contributed by atoms with van der Waals surface area (Å²) in [6.45, 7) is 0. The topological polar surface area (TPSA) is 12.5 Å². The van der Waals surface area contributed by atoms with E-state index in [-0.39, 0.29) is 0 Å². The van der Waals surface area contributed by atoms with E-state index in [2.05, 4.69) is 193 Å². The Balaban J connectivity index is 1.16. The zero-order chi connectivity index (χ0) is 35.4. The molecule has 0 saturated heterocycles. The summed E-state index contributed by atoms with van der Waals surface area (Å²) in [7, 11) is 0. The van der Waals surface area contributed by atoms with Crippen molar-refractivity contribution in [3.05, 3.63) is 210 Å². The number of benzene rings is 9. The molecule has 0 bridgehead atoms. The zero-order valence-electron chi connectivity index (χ0n) is 29.2. The molecule has 0 N–H and O–H groups in total. The molecule has 2 nitrogen and oxygen atoms in total. The van der Waals surface area contributed by atoms with E-state index in [0.717, 1.165) is 39.7 Å². The number of ether oxygens (including phenoxy) is 1. The Labute approximate surface area is 316 Å². The second kappa shape index (κ2) is 11.2. The van der Waals surface area contributed by atoms with Crippen LogP contribution < -0.4 is 9.64 Å². The largest absolute Gasteiger partial charge is 0.457 e. The Morgan fingerprint density at radius 2 is 1.06 bits per heavy atom. The molecular formula is C51H31NOS. The Morgan fingerprint density at radius 1 is 0.407 bits per heavy atom. The van der Waals surface area contributed by atoms with Crippen LogP contribution in [0.4, 0.5) is 17.1 Å². The molecule has 54 heavy (non-hydrogen) atoms. The molecule has 9 aromatic carbocycles. The van der Waals surface area contributed by atoms with Crippen LogP contribution in [0.2, 0.25) is 0 Å². The van der Waals surface area contributed by atoms with Gasteiger partial charge in [0.25, 0.3) is 0 Å². The Hall–Kier alpha value is -6.68. The summed E-state index contributed by atoms with van der Waals surface area (Å²) < 4.78 is 9.32. The molecule has 1 aliphatic heterocycles. The van der Waals surface area contributed by atoms with Gasteiger partial charge in [-0.15, -0.1) is 11.3 Å². The van der Waals surface area contributed by atoms with Crippen LogP contribution in [0.1, 0.15) is 22.3 Å². The van der Waals surface area contributed by atoms with Crippen molar-refractivity contribution in [1.29, 1.82) is 0 Å². The minimum atomic E-state index is -0.608. The minimum Gasteiger partial charge on any atom is -0.457 e. The van der Waals surface area contributed by atoms with Crippen LogP contribution in [0.3, 0.4) is 0 Å². The summed E-state index contributed by atoms with van der Waals surface area (Å²) in [6, 6.07) is 69.0. The second-order valence-corrected chi connectivity index (χ2v) is 15.5. The van der Waals surface area contributed by atoms with Gasteiger partial charge in [-0.2, -0.15) is 0 Å². The van der Waals surface area contributed by atoms with Crippen LogP contribution in [0.25, 0.3) is 52.8 Å². The molecule has 1 aliphatic carbocycles. The lowest BCUT2D eigenvalue weighted by atomic mass is 9.58. The van der Waals surface area contributed by atoms with Crippen LogP contribution in [0, 0.1) is 0 Å². The molecule has 2 heterocycles. The van der Waals surface area contributed by atoms with E-state index in [1.165, 1.54) is 64.0 Å². The smallest absolute Gasteiger partial charge is 0.132 e. The summed E-state index contributed by atoms with van der Waals surface area (Å²) in [6.07, 6.45) is 0. The average molecular weight is 706 g/mol. The van der Waals surface area contributed by atoms with E-state index in [9.17, 15) is 0 Å². The highest BCUT2D eigenvalue weighted by Gasteiger charge is 2.49. The van der Waals surface area contributed by atoms with Gasteiger partial charge in [0.05, 0.1) is 5.41 Å². The van der Waals surface area contributed by atoms with Gasteiger partial charge >= 0.3 is 0 Å². The van der Waals surface area contributed by atoms with Gasteiger partial charge in [-0.05, 0) is 92.3 Å². The van der Waals surface area contributed by atoms with Crippen LogP contribution >= 0.6 is 11.3 Å². The maximum Gasteiger partial charge on any atom is 0.132 e. The van der Waals surface area contributed by atoms with Crippen molar-refractivity contribution in [3.8, 4) is 22.6 Å². The van der Waals surface area contributed by atoms with E-state index in [1.54, 1.807) is 0 Å². The molecule has 12 rings (SSSR count). The Kier molecular flexibility index (Phi) is 6.17. The van der Waals surface area contributed by atoms with E-state index in [1.807, 2.05) is 11.3 Å². The Morgan fingerprint density at radius 3 is 1.89 bits per heavy atom.